The Morgan fingerprint density at radius 1 is 1.18 bits per heavy atom. The third kappa shape index (κ3) is 4.21. The molecule has 1 aliphatic carbocycles. The van der Waals surface area contributed by atoms with E-state index < -0.39 is 5.60 Å². The fourth-order valence-electron chi connectivity index (χ4n) is 4.91. The summed E-state index contributed by atoms with van der Waals surface area (Å²) >= 11 is 0. The molecule has 1 saturated heterocycles. The summed E-state index contributed by atoms with van der Waals surface area (Å²) in [7, 11) is 0. The lowest BCUT2D eigenvalue weighted by atomic mass is 9.80. The van der Waals surface area contributed by atoms with E-state index in [0.717, 1.165) is 35.4 Å². The van der Waals surface area contributed by atoms with Gasteiger partial charge in [-0.2, -0.15) is 0 Å². The van der Waals surface area contributed by atoms with Crippen molar-refractivity contribution in [3.8, 4) is 5.69 Å². The SMILES string of the molecule is CC1CN(C(=O)OC(C)(C)C)CCN1c1ncnc2c1c(C1CCC1)cn2-c1cccc(F)c1. The molecule has 1 aromatic carbocycles. The second kappa shape index (κ2) is 8.56. The summed E-state index contributed by atoms with van der Waals surface area (Å²) in [4.78, 5) is 26.0. The lowest BCUT2D eigenvalue weighted by molar-refractivity contribution is 0.0218. The third-order valence-electron chi connectivity index (χ3n) is 6.77. The summed E-state index contributed by atoms with van der Waals surface area (Å²) in [6.45, 7) is 9.53. The van der Waals surface area contributed by atoms with Gasteiger partial charge in [-0.1, -0.05) is 12.5 Å². The van der Waals surface area contributed by atoms with Crippen LogP contribution in [0.1, 0.15) is 58.4 Å². The van der Waals surface area contributed by atoms with Crippen LogP contribution in [0.25, 0.3) is 16.7 Å². The number of amides is 1. The Balaban J connectivity index is 1.51. The molecule has 34 heavy (non-hydrogen) atoms. The zero-order valence-electron chi connectivity index (χ0n) is 20.3. The first-order valence-electron chi connectivity index (χ1n) is 12.1. The number of carbonyl (C=O) groups is 1. The maximum absolute atomic E-state index is 14.0. The summed E-state index contributed by atoms with van der Waals surface area (Å²) in [5, 5.41) is 1.04. The highest BCUT2D eigenvalue weighted by Gasteiger charge is 2.33. The van der Waals surface area contributed by atoms with E-state index in [2.05, 4.69) is 23.0 Å². The average molecular weight is 466 g/mol. The summed E-state index contributed by atoms with van der Waals surface area (Å²) in [6.07, 6.45) is 6.91. The molecular formula is C26H32FN5O2. The van der Waals surface area contributed by atoms with Crippen LogP contribution in [0.5, 0.6) is 0 Å². The molecule has 0 N–H and O–H groups in total. The van der Waals surface area contributed by atoms with E-state index >= 15 is 0 Å². The van der Waals surface area contributed by atoms with Gasteiger partial charge >= 0.3 is 6.09 Å². The van der Waals surface area contributed by atoms with Gasteiger partial charge in [-0.3, -0.25) is 0 Å². The van der Waals surface area contributed by atoms with Crippen molar-refractivity contribution in [3.63, 3.8) is 0 Å². The van der Waals surface area contributed by atoms with Crippen LogP contribution in [0, 0.1) is 5.82 Å². The summed E-state index contributed by atoms with van der Waals surface area (Å²) in [6, 6.07) is 6.67. The molecule has 2 aromatic heterocycles. The number of aromatic nitrogens is 3. The third-order valence-corrected chi connectivity index (χ3v) is 6.77. The fraction of sp³-hybridized carbons (Fsp3) is 0.500. The standard InChI is InChI=1S/C26H32FN5O2/c1-17-14-30(25(33)34-26(2,3)4)11-12-31(17)23-22-21(18-7-5-8-18)15-32(24(22)29-16-28-23)20-10-6-9-19(27)13-20/h6,9-10,13,15-18H,5,7-8,11-12,14H2,1-4H3. The number of benzene rings is 1. The van der Waals surface area contributed by atoms with Crippen molar-refractivity contribution in [3.05, 3.63) is 48.2 Å². The maximum Gasteiger partial charge on any atom is 0.410 e. The van der Waals surface area contributed by atoms with Crippen LogP contribution in [0.15, 0.2) is 36.8 Å². The number of ether oxygens (including phenoxy) is 1. The number of hydrogen-bond acceptors (Lipinski definition) is 5. The van der Waals surface area contributed by atoms with Gasteiger partial charge in [-0.05, 0) is 70.2 Å². The van der Waals surface area contributed by atoms with Gasteiger partial charge in [0.25, 0.3) is 0 Å². The monoisotopic (exact) mass is 465 g/mol. The highest BCUT2D eigenvalue weighted by atomic mass is 19.1. The average Bonchev–Trinajstić information content (AvgIpc) is 3.11. The van der Waals surface area contributed by atoms with Crippen LogP contribution in [0.3, 0.4) is 0 Å². The topological polar surface area (TPSA) is 63.5 Å². The van der Waals surface area contributed by atoms with Gasteiger partial charge in [0.1, 0.15) is 29.2 Å². The largest absolute Gasteiger partial charge is 0.444 e. The van der Waals surface area contributed by atoms with E-state index in [1.54, 1.807) is 17.3 Å². The van der Waals surface area contributed by atoms with Crippen LogP contribution in [-0.4, -0.2) is 56.8 Å². The molecule has 2 fully saturated rings. The van der Waals surface area contributed by atoms with Gasteiger partial charge in [0, 0.05) is 37.6 Å². The van der Waals surface area contributed by atoms with Gasteiger partial charge in [-0.25, -0.2) is 19.2 Å². The van der Waals surface area contributed by atoms with E-state index in [-0.39, 0.29) is 18.0 Å². The van der Waals surface area contributed by atoms with Crippen molar-refractivity contribution in [2.45, 2.75) is 64.5 Å². The minimum Gasteiger partial charge on any atom is -0.444 e. The van der Waals surface area contributed by atoms with Crippen molar-refractivity contribution in [2.75, 3.05) is 24.5 Å². The van der Waals surface area contributed by atoms with E-state index in [1.165, 1.54) is 24.1 Å². The number of fused-ring (bicyclic) bond motifs is 1. The molecule has 180 valence electrons. The van der Waals surface area contributed by atoms with Gasteiger partial charge in [-0.15, -0.1) is 0 Å². The predicted molar refractivity (Wildman–Crippen MR) is 130 cm³/mol. The molecule has 1 saturated carbocycles. The first-order chi connectivity index (χ1) is 16.2. The maximum atomic E-state index is 14.0. The molecule has 0 radical (unpaired) electrons. The van der Waals surface area contributed by atoms with Gasteiger partial charge in [0.15, 0.2) is 0 Å². The smallest absolute Gasteiger partial charge is 0.410 e. The quantitative estimate of drug-likeness (QED) is 0.527. The van der Waals surface area contributed by atoms with Crippen LogP contribution in [0.2, 0.25) is 0 Å². The number of rotatable bonds is 3. The Kier molecular flexibility index (Phi) is 5.70. The number of halogens is 1. The Morgan fingerprint density at radius 3 is 2.62 bits per heavy atom. The van der Waals surface area contributed by atoms with Crippen molar-refractivity contribution in [2.24, 2.45) is 0 Å². The second-order valence-electron chi connectivity index (χ2n) is 10.4. The van der Waals surface area contributed by atoms with Crippen LogP contribution in [-0.2, 0) is 4.74 Å². The van der Waals surface area contributed by atoms with Crippen molar-refractivity contribution in [1.29, 1.82) is 0 Å². The number of anilines is 1. The van der Waals surface area contributed by atoms with Crippen LogP contribution < -0.4 is 4.90 Å². The zero-order chi connectivity index (χ0) is 24.0. The Labute approximate surface area is 199 Å². The lowest BCUT2D eigenvalue weighted by Crippen LogP contribution is -2.54. The fourth-order valence-corrected chi connectivity index (χ4v) is 4.91. The number of piperazine rings is 1. The second-order valence-corrected chi connectivity index (χ2v) is 10.4. The van der Waals surface area contributed by atoms with Crippen LogP contribution >= 0.6 is 0 Å². The molecule has 3 heterocycles. The predicted octanol–water partition coefficient (Wildman–Crippen LogP) is 5.27. The molecule has 2 aliphatic rings. The zero-order valence-corrected chi connectivity index (χ0v) is 20.3. The van der Waals surface area contributed by atoms with E-state index in [1.807, 2.05) is 31.4 Å². The summed E-state index contributed by atoms with van der Waals surface area (Å²) in [5.41, 5.74) is 2.25. The first kappa shape index (κ1) is 22.6. The number of carbonyl (C=O) groups excluding carboxylic acids is 1. The van der Waals surface area contributed by atoms with Gasteiger partial charge in [0.2, 0.25) is 0 Å². The van der Waals surface area contributed by atoms with Crippen molar-refractivity contribution >= 4 is 22.9 Å². The Morgan fingerprint density at radius 2 is 1.97 bits per heavy atom. The van der Waals surface area contributed by atoms with E-state index in [0.29, 0.717) is 25.6 Å². The highest BCUT2D eigenvalue weighted by Crippen LogP contribution is 2.43. The number of nitrogens with zero attached hydrogens (tertiary/aromatic N) is 5. The van der Waals surface area contributed by atoms with Crippen molar-refractivity contribution in [1.82, 2.24) is 19.4 Å². The number of hydrogen-bond donors (Lipinski definition) is 0. The van der Waals surface area contributed by atoms with E-state index in [9.17, 15) is 9.18 Å². The summed E-state index contributed by atoms with van der Waals surface area (Å²) in [5.74, 6) is 1.07. The minimum atomic E-state index is -0.520. The van der Waals surface area contributed by atoms with Crippen LogP contribution in [0.4, 0.5) is 15.0 Å². The Hall–Kier alpha value is -3.16. The van der Waals surface area contributed by atoms with Gasteiger partial charge < -0.3 is 19.1 Å². The Bertz CT molecular complexity index is 1210. The molecule has 0 bridgehead atoms. The molecular weight excluding hydrogens is 433 g/mol. The molecule has 1 unspecified atom stereocenters. The van der Waals surface area contributed by atoms with E-state index in [4.69, 9.17) is 9.72 Å². The molecule has 1 aliphatic heterocycles. The molecule has 7 nitrogen and oxygen atoms in total. The molecule has 1 atom stereocenters. The highest BCUT2D eigenvalue weighted by molar-refractivity contribution is 5.93. The molecule has 1 amide bonds. The lowest BCUT2D eigenvalue weighted by Gasteiger charge is -2.41. The molecule has 8 heteroatoms. The van der Waals surface area contributed by atoms with Crippen molar-refractivity contribution < 1.29 is 13.9 Å². The normalized spacial score (nSPS) is 19.4. The minimum absolute atomic E-state index is 0.0612. The molecule has 5 rings (SSSR count). The first-order valence-corrected chi connectivity index (χ1v) is 12.1. The van der Waals surface area contributed by atoms with Gasteiger partial charge in [0.05, 0.1) is 5.39 Å². The molecule has 0 spiro atoms. The molecule has 3 aromatic rings. The summed E-state index contributed by atoms with van der Waals surface area (Å²) < 4.78 is 21.6.